The number of carbonyl (C=O) groups is 1. The third-order valence-electron chi connectivity index (χ3n) is 3.81. The molecule has 1 aliphatic rings. The Labute approximate surface area is 125 Å². The molecule has 0 fully saturated rings. The summed E-state index contributed by atoms with van der Waals surface area (Å²) < 4.78 is 26.9. The van der Waals surface area contributed by atoms with E-state index in [1.54, 1.807) is 0 Å². The van der Waals surface area contributed by atoms with E-state index in [-0.39, 0.29) is 11.9 Å². The first-order chi connectivity index (χ1) is 10.5. The van der Waals surface area contributed by atoms with E-state index in [0.29, 0.717) is 24.2 Å². The van der Waals surface area contributed by atoms with Gasteiger partial charge in [0.1, 0.15) is 0 Å². The lowest BCUT2D eigenvalue weighted by Gasteiger charge is -2.25. The van der Waals surface area contributed by atoms with Crippen molar-refractivity contribution in [2.75, 3.05) is 4.90 Å². The number of hydrogen-bond donors (Lipinski definition) is 1. The van der Waals surface area contributed by atoms with Crippen LogP contribution in [0, 0.1) is 11.6 Å². The van der Waals surface area contributed by atoms with Gasteiger partial charge in [-0.25, -0.2) is 23.5 Å². The van der Waals surface area contributed by atoms with Crippen molar-refractivity contribution in [3.8, 4) is 0 Å². The zero-order valence-electron chi connectivity index (χ0n) is 11.8. The zero-order chi connectivity index (χ0) is 15.9. The summed E-state index contributed by atoms with van der Waals surface area (Å²) in [6.07, 6.45) is 3.52. The number of benzene rings is 1. The molecular formula is C15H13F2N3O2. The van der Waals surface area contributed by atoms with E-state index in [2.05, 4.69) is 9.97 Å². The summed E-state index contributed by atoms with van der Waals surface area (Å²) in [4.78, 5) is 20.3. The molecule has 1 aromatic heterocycles. The molecule has 22 heavy (non-hydrogen) atoms. The van der Waals surface area contributed by atoms with Crippen molar-refractivity contribution in [3.05, 3.63) is 53.1 Å². The van der Waals surface area contributed by atoms with Crippen LogP contribution >= 0.6 is 0 Å². The molecule has 2 aromatic rings. The number of carboxylic acids is 1. The molecule has 0 radical (unpaired) electrons. The molecule has 3 rings (SSSR count). The Morgan fingerprint density at radius 3 is 2.55 bits per heavy atom. The Hall–Kier alpha value is -2.57. The van der Waals surface area contributed by atoms with Crippen LogP contribution in [0.15, 0.2) is 24.5 Å². The fourth-order valence-electron chi connectivity index (χ4n) is 2.80. The highest BCUT2D eigenvalue weighted by Crippen LogP contribution is 2.39. The fourth-order valence-corrected chi connectivity index (χ4v) is 2.80. The normalized spacial score (nSPS) is 16.7. The molecule has 2 heterocycles. The van der Waals surface area contributed by atoms with Crippen LogP contribution in [-0.4, -0.2) is 21.0 Å². The Balaban J connectivity index is 1.97. The molecule has 0 bridgehead atoms. The molecule has 1 aromatic carbocycles. The number of hydrogen-bond acceptors (Lipinski definition) is 4. The van der Waals surface area contributed by atoms with Crippen molar-refractivity contribution in [2.45, 2.75) is 25.9 Å². The molecule has 0 amide bonds. The van der Waals surface area contributed by atoms with Crippen LogP contribution in [0.3, 0.4) is 0 Å². The number of aromatic nitrogens is 2. The van der Waals surface area contributed by atoms with Crippen molar-refractivity contribution < 1.29 is 18.7 Å². The second kappa shape index (κ2) is 5.32. The first-order valence-electron chi connectivity index (χ1n) is 6.81. The van der Waals surface area contributed by atoms with Gasteiger partial charge in [-0.3, -0.25) is 0 Å². The number of nitrogens with zero attached hydrogens (tertiary/aromatic N) is 3. The SMILES string of the molecule is CCC1c2cc(F)c(F)cc2CN1c1cnc(C(=O)O)nc1. The molecule has 1 N–H and O–H groups in total. The minimum Gasteiger partial charge on any atom is -0.475 e. The zero-order valence-corrected chi connectivity index (χ0v) is 11.8. The maximum Gasteiger partial charge on any atom is 0.373 e. The van der Waals surface area contributed by atoms with Gasteiger partial charge in [0.15, 0.2) is 11.6 Å². The second-order valence-electron chi connectivity index (χ2n) is 5.09. The van der Waals surface area contributed by atoms with Gasteiger partial charge in [0, 0.05) is 6.54 Å². The van der Waals surface area contributed by atoms with Crippen molar-refractivity contribution >= 4 is 11.7 Å². The first kappa shape index (κ1) is 14.4. The number of fused-ring (bicyclic) bond motifs is 1. The van der Waals surface area contributed by atoms with Gasteiger partial charge in [-0.1, -0.05) is 6.92 Å². The smallest absolute Gasteiger partial charge is 0.373 e. The Morgan fingerprint density at radius 2 is 1.95 bits per heavy atom. The predicted octanol–water partition coefficient (Wildman–Crippen LogP) is 2.92. The van der Waals surface area contributed by atoms with Crippen LogP contribution < -0.4 is 4.90 Å². The van der Waals surface area contributed by atoms with Gasteiger partial charge in [-0.15, -0.1) is 0 Å². The maximum absolute atomic E-state index is 13.5. The molecule has 5 nitrogen and oxygen atoms in total. The highest BCUT2D eigenvalue weighted by molar-refractivity contribution is 5.83. The second-order valence-corrected chi connectivity index (χ2v) is 5.09. The standard InChI is InChI=1S/C15H13F2N3O2/c1-2-13-10-4-12(17)11(16)3-8(10)7-20(13)9-5-18-14(15(21)22)19-6-9/h3-6,13H,2,7H2,1H3,(H,21,22). The van der Waals surface area contributed by atoms with E-state index < -0.39 is 17.6 Å². The van der Waals surface area contributed by atoms with E-state index in [4.69, 9.17) is 5.11 Å². The Kier molecular flexibility index (Phi) is 3.48. The van der Waals surface area contributed by atoms with Gasteiger partial charge in [0.2, 0.25) is 5.82 Å². The molecule has 1 unspecified atom stereocenters. The average molecular weight is 305 g/mol. The Morgan fingerprint density at radius 1 is 1.32 bits per heavy atom. The van der Waals surface area contributed by atoms with Crippen molar-refractivity contribution in [1.82, 2.24) is 9.97 Å². The Bertz CT molecular complexity index is 734. The van der Waals surface area contributed by atoms with Crippen molar-refractivity contribution in [1.29, 1.82) is 0 Å². The van der Waals surface area contributed by atoms with Gasteiger partial charge >= 0.3 is 5.97 Å². The number of rotatable bonds is 3. The van der Waals surface area contributed by atoms with Crippen LogP contribution in [0.1, 0.15) is 41.1 Å². The minimum atomic E-state index is -1.20. The topological polar surface area (TPSA) is 66.3 Å². The van der Waals surface area contributed by atoms with Crippen LogP contribution in [0.4, 0.5) is 14.5 Å². The third kappa shape index (κ3) is 2.28. The van der Waals surface area contributed by atoms with E-state index in [9.17, 15) is 13.6 Å². The summed E-state index contributed by atoms with van der Waals surface area (Å²) in [5.41, 5.74) is 2.07. The van der Waals surface area contributed by atoms with Gasteiger partial charge in [-0.2, -0.15) is 0 Å². The quantitative estimate of drug-likeness (QED) is 0.944. The maximum atomic E-state index is 13.5. The first-order valence-corrected chi connectivity index (χ1v) is 6.81. The lowest BCUT2D eigenvalue weighted by atomic mass is 10.0. The molecule has 1 atom stereocenters. The lowest BCUT2D eigenvalue weighted by Crippen LogP contribution is -2.21. The summed E-state index contributed by atoms with van der Waals surface area (Å²) in [6.45, 7) is 2.35. The summed E-state index contributed by atoms with van der Waals surface area (Å²) in [5, 5.41) is 8.82. The van der Waals surface area contributed by atoms with Crippen molar-refractivity contribution in [2.24, 2.45) is 0 Å². The molecule has 0 spiro atoms. The lowest BCUT2D eigenvalue weighted by molar-refractivity contribution is 0.0683. The summed E-state index contributed by atoms with van der Waals surface area (Å²) in [5.74, 6) is -3.22. The molecule has 0 aliphatic carbocycles. The van der Waals surface area contributed by atoms with Crippen molar-refractivity contribution in [3.63, 3.8) is 0 Å². The van der Waals surface area contributed by atoms with Gasteiger partial charge in [-0.05, 0) is 29.7 Å². The average Bonchev–Trinajstić information content (AvgIpc) is 2.85. The summed E-state index contributed by atoms with van der Waals surface area (Å²) >= 11 is 0. The number of aromatic carboxylic acids is 1. The van der Waals surface area contributed by atoms with E-state index in [1.165, 1.54) is 24.5 Å². The predicted molar refractivity (Wildman–Crippen MR) is 74.6 cm³/mol. The van der Waals surface area contributed by atoms with Crippen LogP contribution in [0.5, 0.6) is 0 Å². The summed E-state index contributed by atoms with van der Waals surface area (Å²) in [7, 11) is 0. The number of carboxylic acid groups (broad SMARTS) is 1. The van der Waals surface area contributed by atoms with Crippen LogP contribution in [-0.2, 0) is 6.54 Å². The number of anilines is 1. The van der Waals surface area contributed by atoms with E-state index in [1.807, 2.05) is 11.8 Å². The monoisotopic (exact) mass is 305 g/mol. The molecule has 0 saturated heterocycles. The third-order valence-corrected chi connectivity index (χ3v) is 3.81. The number of halogens is 2. The van der Waals surface area contributed by atoms with E-state index in [0.717, 1.165) is 5.56 Å². The largest absolute Gasteiger partial charge is 0.475 e. The summed E-state index contributed by atoms with van der Waals surface area (Å²) in [6, 6.07) is 2.31. The van der Waals surface area contributed by atoms with Crippen LogP contribution in [0.25, 0.3) is 0 Å². The van der Waals surface area contributed by atoms with Gasteiger partial charge in [0.25, 0.3) is 0 Å². The molecule has 114 valence electrons. The molecule has 0 saturated carbocycles. The molecular weight excluding hydrogens is 292 g/mol. The van der Waals surface area contributed by atoms with E-state index >= 15 is 0 Å². The van der Waals surface area contributed by atoms with Gasteiger partial charge in [0.05, 0.1) is 24.1 Å². The highest BCUT2D eigenvalue weighted by atomic mass is 19.2. The minimum absolute atomic E-state index is 0.121. The molecule has 1 aliphatic heterocycles. The molecule has 7 heteroatoms. The van der Waals surface area contributed by atoms with Crippen LogP contribution in [0.2, 0.25) is 0 Å². The fraction of sp³-hybridized carbons (Fsp3) is 0.267. The highest BCUT2D eigenvalue weighted by Gasteiger charge is 2.31. The van der Waals surface area contributed by atoms with Gasteiger partial charge < -0.3 is 10.0 Å².